The number of sulfonamides is 1. The molecule has 1 amide bonds. The lowest BCUT2D eigenvalue weighted by Gasteiger charge is -2.33. The van der Waals surface area contributed by atoms with E-state index in [9.17, 15) is 23.3 Å². The van der Waals surface area contributed by atoms with Crippen LogP contribution in [0.5, 0.6) is 0 Å². The first-order valence-electron chi connectivity index (χ1n) is 11.0. The topological polar surface area (TPSA) is 136 Å². The fraction of sp³-hybridized carbons (Fsp3) is 0.292. The summed E-state index contributed by atoms with van der Waals surface area (Å²) in [6.07, 6.45) is 1.06. The van der Waals surface area contributed by atoms with Gasteiger partial charge in [0.25, 0.3) is 5.69 Å². The average molecular weight is 483 g/mol. The third-order valence-corrected chi connectivity index (χ3v) is 7.22. The van der Waals surface area contributed by atoms with E-state index in [0.29, 0.717) is 31.6 Å². The Morgan fingerprint density at radius 1 is 1.09 bits per heavy atom. The predicted molar refractivity (Wildman–Crippen MR) is 130 cm³/mol. The van der Waals surface area contributed by atoms with Gasteiger partial charge in [-0.1, -0.05) is 36.4 Å². The molecule has 9 nitrogen and oxygen atoms in total. The van der Waals surface area contributed by atoms with Crippen LogP contribution in [-0.2, 0) is 14.8 Å². The largest absolute Gasteiger partial charge is 0.366 e. The number of nitrogens with zero attached hydrogens (tertiary/aromatic N) is 2. The zero-order valence-corrected chi connectivity index (χ0v) is 19.5. The zero-order valence-electron chi connectivity index (χ0n) is 18.7. The van der Waals surface area contributed by atoms with E-state index in [0.717, 1.165) is 22.4 Å². The fourth-order valence-electron chi connectivity index (χ4n) is 4.37. The van der Waals surface area contributed by atoms with Gasteiger partial charge in [-0.3, -0.25) is 14.9 Å². The smallest absolute Gasteiger partial charge is 0.293 e. The first-order chi connectivity index (χ1) is 16.1. The van der Waals surface area contributed by atoms with Gasteiger partial charge in [0.05, 0.1) is 15.9 Å². The van der Waals surface area contributed by atoms with Gasteiger partial charge in [-0.2, -0.15) is 0 Å². The highest BCUT2D eigenvalue weighted by molar-refractivity contribution is 7.89. The lowest BCUT2D eigenvalue weighted by Crippen LogP contribution is -2.41. The standard InChI is InChI=1S/C24H26N4O5S/c1-16(19-7-6-17-4-2-3-5-20(17)14-19)26-24(29)18-10-12-27(13-11-18)22-9-8-21(34(25,32)33)15-23(22)28(30)31/h2-9,14-16,18H,10-13H2,1H3,(H,26,29)(H2,25,32,33). The summed E-state index contributed by atoms with van der Waals surface area (Å²) >= 11 is 0. The molecule has 0 radical (unpaired) electrons. The number of nitrogens with one attached hydrogen (secondary N) is 1. The van der Waals surface area contributed by atoms with E-state index < -0.39 is 14.9 Å². The highest BCUT2D eigenvalue weighted by Gasteiger charge is 2.30. The summed E-state index contributed by atoms with van der Waals surface area (Å²) in [5.74, 6) is -0.249. The second-order valence-corrected chi connectivity index (χ2v) is 10.1. The monoisotopic (exact) mass is 482 g/mol. The molecular weight excluding hydrogens is 456 g/mol. The molecule has 3 aromatic carbocycles. The van der Waals surface area contributed by atoms with Gasteiger partial charge in [-0.15, -0.1) is 0 Å². The Hall–Kier alpha value is -3.50. The van der Waals surface area contributed by atoms with Crippen molar-refractivity contribution in [3.05, 3.63) is 76.3 Å². The van der Waals surface area contributed by atoms with Crippen LogP contribution in [0.25, 0.3) is 10.8 Å². The maximum Gasteiger partial charge on any atom is 0.293 e. The van der Waals surface area contributed by atoms with E-state index in [1.165, 1.54) is 12.1 Å². The highest BCUT2D eigenvalue weighted by atomic mass is 32.2. The van der Waals surface area contributed by atoms with Crippen molar-refractivity contribution in [3.63, 3.8) is 0 Å². The number of benzene rings is 3. The van der Waals surface area contributed by atoms with E-state index in [1.807, 2.05) is 48.2 Å². The molecule has 3 aromatic rings. The first-order valence-corrected chi connectivity index (χ1v) is 12.5. The lowest BCUT2D eigenvalue weighted by molar-refractivity contribution is -0.384. The number of piperidine rings is 1. The molecule has 0 aliphatic carbocycles. The molecule has 1 unspecified atom stereocenters. The van der Waals surface area contributed by atoms with Crippen LogP contribution in [0.1, 0.15) is 31.4 Å². The molecule has 4 rings (SSSR count). The Balaban J connectivity index is 1.41. The predicted octanol–water partition coefficient (Wildman–Crippen LogP) is 3.49. The molecular formula is C24H26N4O5S. The zero-order chi connectivity index (χ0) is 24.5. The van der Waals surface area contributed by atoms with Gasteiger partial charge in [0.15, 0.2) is 0 Å². The molecule has 0 bridgehead atoms. The Kier molecular flexibility index (Phi) is 6.54. The number of hydrogen-bond donors (Lipinski definition) is 2. The molecule has 3 N–H and O–H groups in total. The number of carbonyl (C=O) groups excluding carboxylic acids is 1. The number of nitro groups is 1. The van der Waals surface area contributed by atoms with Crippen LogP contribution >= 0.6 is 0 Å². The molecule has 0 spiro atoms. The van der Waals surface area contributed by atoms with E-state index in [4.69, 9.17) is 5.14 Å². The maximum atomic E-state index is 12.9. The Bertz CT molecular complexity index is 1350. The number of amides is 1. The lowest BCUT2D eigenvalue weighted by atomic mass is 9.94. The van der Waals surface area contributed by atoms with Crippen LogP contribution in [0.4, 0.5) is 11.4 Å². The normalized spacial score (nSPS) is 15.8. The molecule has 34 heavy (non-hydrogen) atoms. The summed E-state index contributed by atoms with van der Waals surface area (Å²) in [7, 11) is -4.05. The summed E-state index contributed by atoms with van der Waals surface area (Å²) in [6.45, 7) is 2.84. The second kappa shape index (κ2) is 9.40. The van der Waals surface area contributed by atoms with Crippen molar-refractivity contribution in [1.82, 2.24) is 5.32 Å². The fourth-order valence-corrected chi connectivity index (χ4v) is 4.90. The summed E-state index contributed by atoms with van der Waals surface area (Å²) in [5.41, 5.74) is 1.02. The number of fused-ring (bicyclic) bond motifs is 1. The summed E-state index contributed by atoms with van der Waals surface area (Å²) < 4.78 is 23.1. The van der Waals surface area contributed by atoms with Crippen molar-refractivity contribution in [1.29, 1.82) is 0 Å². The molecule has 178 valence electrons. The number of carbonyl (C=O) groups is 1. The average Bonchev–Trinajstić information content (AvgIpc) is 2.82. The van der Waals surface area contributed by atoms with Crippen LogP contribution in [-0.4, -0.2) is 32.3 Å². The summed E-state index contributed by atoms with van der Waals surface area (Å²) in [4.78, 5) is 25.3. The quantitative estimate of drug-likeness (QED) is 0.408. The van der Waals surface area contributed by atoms with Crippen molar-refractivity contribution in [2.45, 2.75) is 30.7 Å². The van der Waals surface area contributed by atoms with Gasteiger partial charge in [0, 0.05) is 25.1 Å². The van der Waals surface area contributed by atoms with Crippen LogP contribution in [0.3, 0.4) is 0 Å². The minimum absolute atomic E-state index is 0.0422. The van der Waals surface area contributed by atoms with Crippen LogP contribution in [0.2, 0.25) is 0 Å². The van der Waals surface area contributed by atoms with Gasteiger partial charge < -0.3 is 10.2 Å². The molecule has 1 fully saturated rings. The van der Waals surface area contributed by atoms with Crippen LogP contribution < -0.4 is 15.4 Å². The number of rotatable bonds is 6. The minimum Gasteiger partial charge on any atom is -0.366 e. The Morgan fingerprint density at radius 3 is 2.41 bits per heavy atom. The van der Waals surface area contributed by atoms with E-state index in [1.54, 1.807) is 0 Å². The Labute approximate surface area is 197 Å². The number of primary sulfonamides is 1. The first kappa shape index (κ1) is 23.7. The second-order valence-electron chi connectivity index (χ2n) is 8.55. The molecule has 1 saturated heterocycles. The molecule has 1 aliphatic heterocycles. The molecule has 0 saturated carbocycles. The number of nitro benzene ring substituents is 1. The highest BCUT2D eigenvalue weighted by Crippen LogP contribution is 2.33. The van der Waals surface area contributed by atoms with E-state index >= 15 is 0 Å². The third kappa shape index (κ3) is 5.02. The van der Waals surface area contributed by atoms with Gasteiger partial charge >= 0.3 is 0 Å². The molecule has 1 heterocycles. The van der Waals surface area contributed by atoms with Gasteiger partial charge in [-0.25, -0.2) is 13.6 Å². The van der Waals surface area contributed by atoms with Crippen molar-refractivity contribution >= 4 is 38.1 Å². The summed E-state index contributed by atoms with van der Waals surface area (Å²) in [6, 6.07) is 17.7. The number of anilines is 1. The van der Waals surface area contributed by atoms with E-state index in [2.05, 4.69) is 11.4 Å². The SMILES string of the molecule is CC(NC(=O)C1CCN(c2ccc(S(N)(=O)=O)cc2[N+](=O)[O-])CC1)c1ccc2ccccc2c1. The van der Waals surface area contributed by atoms with Gasteiger partial charge in [0.1, 0.15) is 5.69 Å². The van der Waals surface area contributed by atoms with Crippen LogP contribution in [0, 0.1) is 16.0 Å². The molecule has 1 atom stereocenters. The Morgan fingerprint density at radius 2 is 1.76 bits per heavy atom. The molecule has 1 aliphatic rings. The van der Waals surface area contributed by atoms with Crippen molar-refractivity contribution in [3.8, 4) is 0 Å². The molecule has 10 heteroatoms. The number of hydrogen-bond acceptors (Lipinski definition) is 6. The van der Waals surface area contributed by atoms with E-state index in [-0.39, 0.29) is 28.4 Å². The summed E-state index contributed by atoms with van der Waals surface area (Å²) in [5, 5.41) is 22.0. The maximum absolute atomic E-state index is 12.9. The molecule has 0 aromatic heterocycles. The van der Waals surface area contributed by atoms with Crippen molar-refractivity contribution < 1.29 is 18.1 Å². The minimum atomic E-state index is -4.05. The van der Waals surface area contributed by atoms with Gasteiger partial charge in [0.2, 0.25) is 15.9 Å². The van der Waals surface area contributed by atoms with Crippen molar-refractivity contribution in [2.75, 3.05) is 18.0 Å². The van der Waals surface area contributed by atoms with Gasteiger partial charge in [-0.05, 0) is 54.3 Å². The van der Waals surface area contributed by atoms with Crippen molar-refractivity contribution in [2.24, 2.45) is 11.1 Å². The number of nitrogens with two attached hydrogens (primary N) is 1. The third-order valence-electron chi connectivity index (χ3n) is 6.31. The van der Waals surface area contributed by atoms with Crippen LogP contribution in [0.15, 0.2) is 65.6 Å².